The third-order valence-corrected chi connectivity index (χ3v) is 4.80. The predicted octanol–water partition coefficient (Wildman–Crippen LogP) is 3.22. The van der Waals surface area contributed by atoms with Gasteiger partial charge in [-0.25, -0.2) is 4.83 Å². The quantitative estimate of drug-likeness (QED) is 0.487. The Morgan fingerprint density at radius 2 is 2.00 bits per heavy atom. The lowest BCUT2D eigenvalue weighted by Crippen LogP contribution is -2.18. The number of allylic oxidation sites excluding steroid dienone is 2. The Labute approximate surface area is 130 Å². The van der Waals surface area contributed by atoms with E-state index < -0.39 is 10.0 Å². The molecule has 0 amide bonds. The molecule has 0 bridgehead atoms. The average Bonchev–Trinajstić information content (AvgIpc) is 2.39. The summed E-state index contributed by atoms with van der Waals surface area (Å²) in [5.41, 5.74) is 0.718. The normalized spacial score (nSPS) is 12.9. The summed E-state index contributed by atoms with van der Waals surface area (Å²) in [7, 11) is -3.67. The van der Waals surface area contributed by atoms with Crippen molar-refractivity contribution in [3.8, 4) is 5.40 Å². The van der Waals surface area contributed by atoms with Crippen molar-refractivity contribution < 1.29 is 8.42 Å². The molecule has 0 heterocycles. The maximum absolute atomic E-state index is 11.9. The van der Waals surface area contributed by atoms with Crippen molar-refractivity contribution in [2.24, 2.45) is 5.10 Å². The molecule has 20 heavy (non-hydrogen) atoms. The number of nitrogens with zero attached hydrogens (tertiary/aromatic N) is 2. The molecule has 0 saturated heterocycles. The lowest BCUT2D eigenvalue weighted by Gasteiger charge is -2.03. The van der Waals surface area contributed by atoms with Crippen molar-refractivity contribution in [3.63, 3.8) is 0 Å². The molecule has 8 heteroatoms. The van der Waals surface area contributed by atoms with Gasteiger partial charge in [0.15, 0.2) is 0 Å². The molecule has 1 aromatic rings. The number of hydrogen-bond acceptors (Lipinski definition) is 5. The van der Waals surface area contributed by atoms with Crippen molar-refractivity contribution in [1.82, 2.24) is 4.83 Å². The average molecular weight is 374 g/mol. The molecule has 106 valence electrons. The second-order valence-corrected chi connectivity index (χ2v) is 7.31. The highest BCUT2D eigenvalue weighted by Gasteiger charge is 2.11. The number of thioether (sulfide) groups is 1. The van der Waals surface area contributed by atoms with Gasteiger partial charge in [0.05, 0.1) is 11.1 Å². The van der Waals surface area contributed by atoms with Crippen LogP contribution in [-0.2, 0) is 10.0 Å². The van der Waals surface area contributed by atoms with Crippen LogP contribution in [0.2, 0.25) is 0 Å². The number of hydrazone groups is 1. The molecule has 0 atom stereocenters. The highest BCUT2D eigenvalue weighted by atomic mass is 79.9. The number of nitriles is 1. The molecule has 1 aromatic carbocycles. The minimum atomic E-state index is -3.67. The van der Waals surface area contributed by atoms with Gasteiger partial charge in [0.2, 0.25) is 0 Å². The molecule has 0 spiro atoms. The molecule has 0 aliphatic heterocycles. The van der Waals surface area contributed by atoms with E-state index >= 15 is 0 Å². The lowest BCUT2D eigenvalue weighted by atomic mass is 10.3. The SMILES string of the molecule is CC(/C=N/NS(=O)(=O)c1ccc(Br)cc1)=C(\C)SC#N. The molecule has 0 radical (unpaired) electrons. The number of thiocyanates is 1. The van der Waals surface area contributed by atoms with E-state index in [0.29, 0.717) is 0 Å². The molecule has 0 unspecified atom stereocenters. The Kier molecular flexibility index (Phi) is 6.26. The summed E-state index contributed by atoms with van der Waals surface area (Å²) >= 11 is 4.24. The highest BCUT2D eigenvalue weighted by molar-refractivity contribution is 9.10. The number of nitrogens with one attached hydrogen (secondary N) is 1. The van der Waals surface area contributed by atoms with Gasteiger partial charge in [0.1, 0.15) is 5.40 Å². The zero-order chi connectivity index (χ0) is 15.2. The smallest absolute Gasteiger partial charge is 0.200 e. The van der Waals surface area contributed by atoms with Gasteiger partial charge in [-0.05, 0) is 55.4 Å². The number of benzene rings is 1. The van der Waals surface area contributed by atoms with Gasteiger partial charge in [-0.15, -0.1) is 0 Å². The van der Waals surface area contributed by atoms with Crippen LogP contribution in [0.5, 0.6) is 0 Å². The first-order valence-electron chi connectivity index (χ1n) is 5.40. The van der Waals surface area contributed by atoms with Crippen molar-refractivity contribution in [3.05, 3.63) is 39.2 Å². The molecule has 0 aliphatic carbocycles. The molecular weight excluding hydrogens is 362 g/mol. The van der Waals surface area contributed by atoms with Gasteiger partial charge >= 0.3 is 0 Å². The van der Waals surface area contributed by atoms with E-state index in [-0.39, 0.29) is 4.90 Å². The molecule has 0 fully saturated rings. The lowest BCUT2D eigenvalue weighted by molar-refractivity contribution is 0.584. The largest absolute Gasteiger partial charge is 0.276 e. The summed E-state index contributed by atoms with van der Waals surface area (Å²) in [4.78, 5) is 3.01. The minimum absolute atomic E-state index is 0.127. The van der Waals surface area contributed by atoms with Crippen LogP contribution in [0, 0.1) is 10.7 Å². The summed E-state index contributed by atoms with van der Waals surface area (Å²) in [6.07, 6.45) is 1.37. The molecule has 0 saturated carbocycles. The summed E-state index contributed by atoms with van der Waals surface area (Å²) in [5, 5.41) is 14.2. The first-order chi connectivity index (χ1) is 9.36. The van der Waals surface area contributed by atoms with E-state index in [9.17, 15) is 8.42 Å². The number of rotatable bonds is 5. The van der Waals surface area contributed by atoms with Crippen LogP contribution in [0.3, 0.4) is 0 Å². The molecule has 0 aromatic heterocycles. The Balaban J connectivity index is 2.81. The van der Waals surface area contributed by atoms with Gasteiger partial charge in [-0.1, -0.05) is 15.9 Å². The fourth-order valence-electron chi connectivity index (χ4n) is 1.10. The zero-order valence-electron chi connectivity index (χ0n) is 10.8. The predicted molar refractivity (Wildman–Crippen MR) is 84.5 cm³/mol. The standard InChI is InChI=1S/C12H12BrN3O2S2/c1-9(10(2)19-8-14)7-15-16-20(17,18)12-5-3-11(13)4-6-12/h3-7,16H,1-2H3/b10-9-,15-7+. The van der Waals surface area contributed by atoms with E-state index in [2.05, 4.69) is 25.9 Å². The Hall–Kier alpha value is -1.30. The summed E-state index contributed by atoms with van der Waals surface area (Å²) in [5.74, 6) is 0. The molecular formula is C12H12BrN3O2S2. The first-order valence-corrected chi connectivity index (χ1v) is 8.50. The Morgan fingerprint density at radius 3 is 2.55 bits per heavy atom. The van der Waals surface area contributed by atoms with Crippen LogP contribution in [-0.4, -0.2) is 14.6 Å². The maximum Gasteiger partial charge on any atom is 0.276 e. The molecule has 5 nitrogen and oxygen atoms in total. The van der Waals surface area contributed by atoms with Crippen molar-refractivity contribution in [1.29, 1.82) is 5.26 Å². The topological polar surface area (TPSA) is 82.3 Å². The second-order valence-electron chi connectivity index (χ2n) is 3.74. The van der Waals surface area contributed by atoms with E-state index in [1.54, 1.807) is 26.0 Å². The van der Waals surface area contributed by atoms with Crippen LogP contribution in [0.15, 0.2) is 49.2 Å². The fraction of sp³-hybridized carbons (Fsp3) is 0.167. The van der Waals surface area contributed by atoms with Crippen molar-refractivity contribution in [2.75, 3.05) is 0 Å². The van der Waals surface area contributed by atoms with Gasteiger partial charge < -0.3 is 0 Å². The van der Waals surface area contributed by atoms with E-state index in [4.69, 9.17) is 5.26 Å². The summed E-state index contributed by atoms with van der Waals surface area (Å²) in [6, 6.07) is 6.22. The van der Waals surface area contributed by atoms with Crippen LogP contribution in [0.4, 0.5) is 0 Å². The van der Waals surface area contributed by atoms with Crippen LogP contribution >= 0.6 is 27.7 Å². The number of hydrogen-bond donors (Lipinski definition) is 1. The van der Waals surface area contributed by atoms with Gasteiger partial charge in [0.25, 0.3) is 10.0 Å². The van der Waals surface area contributed by atoms with E-state index in [0.717, 1.165) is 26.7 Å². The number of sulfonamides is 1. The monoisotopic (exact) mass is 373 g/mol. The van der Waals surface area contributed by atoms with Gasteiger partial charge in [-0.3, -0.25) is 0 Å². The summed E-state index contributed by atoms with van der Waals surface area (Å²) in [6.45, 7) is 3.51. The van der Waals surface area contributed by atoms with Crippen LogP contribution in [0.25, 0.3) is 0 Å². The van der Waals surface area contributed by atoms with Crippen molar-refractivity contribution in [2.45, 2.75) is 18.7 Å². The third kappa shape index (κ3) is 5.00. The molecule has 0 aliphatic rings. The Bertz CT molecular complexity index is 674. The minimum Gasteiger partial charge on any atom is -0.200 e. The third-order valence-electron chi connectivity index (χ3n) is 2.31. The summed E-state index contributed by atoms with van der Waals surface area (Å²) < 4.78 is 24.6. The zero-order valence-corrected chi connectivity index (χ0v) is 14.0. The fourth-order valence-corrected chi connectivity index (χ4v) is 2.51. The van der Waals surface area contributed by atoms with E-state index in [1.807, 2.05) is 5.40 Å². The van der Waals surface area contributed by atoms with E-state index in [1.165, 1.54) is 18.3 Å². The number of halogens is 1. The second kappa shape index (κ2) is 7.47. The van der Waals surface area contributed by atoms with Crippen LogP contribution < -0.4 is 4.83 Å². The first kappa shape index (κ1) is 16.8. The van der Waals surface area contributed by atoms with Gasteiger partial charge in [-0.2, -0.15) is 18.8 Å². The van der Waals surface area contributed by atoms with Crippen molar-refractivity contribution >= 4 is 43.9 Å². The van der Waals surface area contributed by atoms with Gasteiger partial charge in [0, 0.05) is 9.38 Å². The Morgan fingerprint density at radius 1 is 1.40 bits per heavy atom. The molecule has 1 rings (SSSR count). The molecule has 1 N–H and O–H groups in total. The van der Waals surface area contributed by atoms with Crippen LogP contribution in [0.1, 0.15) is 13.8 Å². The maximum atomic E-state index is 11.9. The highest BCUT2D eigenvalue weighted by Crippen LogP contribution is 2.16.